The molecule has 6 nitrogen and oxygen atoms in total. The zero-order chi connectivity index (χ0) is 18.0. The number of hydrogen-bond donors (Lipinski definition) is 0. The highest BCUT2D eigenvalue weighted by molar-refractivity contribution is 5.94. The summed E-state index contributed by atoms with van der Waals surface area (Å²) in [7, 11) is 0. The monoisotopic (exact) mass is 356 g/mol. The molecule has 4 rings (SSSR count). The maximum Gasteiger partial charge on any atom is 0.253 e. The molecule has 1 amide bonds. The number of carbonyl (C=O) groups is 1. The number of carbonyl (C=O) groups excluding carboxylic acids is 1. The predicted octanol–water partition coefficient (Wildman–Crippen LogP) is 2.13. The van der Waals surface area contributed by atoms with Gasteiger partial charge in [0.25, 0.3) is 5.91 Å². The SMILES string of the molecule is O=C(c1cccc(F)c1)N1CCC2(CC1)CN(c1ncccn1)CCO2. The summed E-state index contributed by atoms with van der Waals surface area (Å²) in [5, 5.41) is 0. The molecule has 2 fully saturated rings. The van der Waals surface area contributed by atoms with Crippen molar-refractivity contribution in [3.63, 3.8) is 0 Å². The van der Waals surface area contributed by atoms with E-state index in [2.05, 4.69) is 14.9 Å². The van der Waals surface area contributed by atoms with Gasteiger partial charge in [-0.2, -0.15) is 0 Å². The second-order valence-corrected chi connectivity index (χ2v) is 6.80. The smallest absolute Gasteiger partial charge is 0.253 e. The molecule has 3 heterocycles. The second-order valence-electron chi connectivity index (χ2n) is 6.80. The highest BCUT2D eigenvalue weighted by Gasteiger charge is 2.41. The van der Waals surface area contributed by atoms with Crippen molar-refractivity contribution in [3.8, 4) is 0 Å². The number of benzene rings is 1. The van der Waals surface area contributed by atoms with Crippen LogP contribution in [0.5, 0.6) is 0 Å². The first-order valence-electron chi connectivity index (χ1n) is 8.86. The number of aromatic nitrogens is 2. The van der Waals surface area contributed by atoms with Crippen LogP contribution in [-0.4, -0.2) is 59.2 Å². The summed E-state index contributed by atoms with van der Waals surface area (Å²) in [5.41, 5.74) is 0.112. The van der Waals surface area contributed by atoms with Gasteiger partial charge in [0.1, 0.15) is 5.82 Å². The van der Waals surface area contributed by atoms with Gasteiger partial charge in [0.15, 0.2) is 0 Å². The molecule has 1 aromatic heterocycles. The Labute approximate surface area is 151 Å². The average molecular weight is 356 g/mol. The Morgan fingerprint density at radius 3 is 2.62 bits per heavy atom. The largest absolute Gasteiger partial charge is 0.371 e. The summed E-state index contributed by atoms with van der Waals surface area (Å²) >= 11 is 0. The summed E-state index contributed by atoms with van der Waals surface area (Å²) < 4.78 is 19.5. The lowest BCUT2D eigenvalue weighted by atomic mass is 9.89. The minimum Gasteiger partial charge on any atom is -0.371 e. The van der Waals surface area contributed by atoms with Crippen LogP contribution in [-0.2, 0) is 4.74 Å². The number of nitrogens with zero attached hydrogens (tertiary/aromatic N) is 4. The molecule has 1 spiro atoms. The van der Waals surface area contributed by atoms with E-state index in [1.165, 1.54) is 12.1 Å². The third-order valence-corrected chi connectivity index (χ3v) is 5.12. The maximum absolute atomic E-state index is 13.4. The van der Waals surface area contributed by atoms with Crippen LogP contribution in [0, 0.1) is 5.82 Å². The first-order chi connectivity index (χ1) is 12.7. The summed E-state index contributed by atoms with van der Waals surface area (Å²) in [5.74, 6) is 0.199. The molecule has 26 heavy (non-hydrogen) atoms. The highest BCUT2D eigenvalue weighted by atomic mass is 19.1. The van der Waals surface area contributed by atoms with Gasteiger partial charge in [0.2, 0.25) is 5.95 Å². The lowest BCUT2D eigenvalue weighted by molar-refractivity contribution is -0.0872. The van der Waals surface area contributed by atoms with Crippen molar-refractivity contribution in [2.45, 2.75) is 18.4 Å². The van der Waals surface area contributed by atoms with Crippen LogP contribution in [0.2, 0.25) is 0 Å². The standard InChI is InChI=1S/C19H21FN4O2/c20-16-4-1-3-15(13-16)17(25)23-9-5-19(6-10-23)14-24(11-12-26-19)18-21-7-2-8-22-18/h1-4,7-8,13H,5-6,9-12,14H2. The molecule has 136 valence electrons. The van der Waals surface area contributed by atoms with E-state index in [-0.39, 0.29) is 11.5 Å². The van der Waals surface area contributed by atoms with Crippen molar-refractivity contribution >= 4 is 11.9 Å². The van der Waals surface area contributed by atoms with Crippen molar-refractivity contribution in [2.24, 2.45) is 0 Å². The quantitative estimate of drug-likeness (QED) is 0.825. The number of hydrogen-bond acceptors (Lipinski definition) is 5. The summed E-state index contributed by atoms with van der Waals surface area (Å²) in [6.45, 7) is 3.30. The van der Waals surface area contributed by atoms with E-state index >= 15 is 0 Å². The first kappa shape index (κ1) is 16.9. The Morgan fingerprint density at radius 2 is 1.88 bits per heavy atom. The Balaban J connectivity index is 1.42. The number of piperidine rings is 1. The van der Waals surface area contributed by atoms with Gasteiger partial charge >= 0.3 is 0 Å². The Hall–Kier alpha value is -2.54. The van der Waals surface area contributed by atoms with Gasteiger partial charge in [-0.25, -0.2) is 14.4 Å². The summed E-state index contributed by atoms with van der Waals surface area (Å²) in [6, 6.07) is 7.66. The molecule has 0 aliphatic carbocycles. The zero-order valence-corrected chi connectivity index (χ0v) is 14.5. The van der Waals surface area contributed by atoms with E-state index in [1.807, 2.05) is 0 Å². The molecule has 2 saturated heterocycles. The number of anilines is 1. The molecule has 2 aliphatic rings. The number of amides is 1. The highest BCUT2D eigenvalue weighted by Crippen LogP contribution is 2.31. The molecule has 2 aromatic rings. The molecule has 0 unspecified atom stereocenters. The molecule has 0 saturated carbocycles. The third-order valence-electron chi connectivity index (χ3n) is 5.12. The lowest BCUT2D eigenvalue weighted by Gasteiger charge is -2.47. The van der Waals surface area contributed by atoms with Gasteiger partial charge in [-0.05, 0) is 37.1 Å². The van der Waals surface area contributed by atoms with Crippen molar-refractivity contribution in [1.82, 2.24) is 14.9 Å². The Kier molecular flexibility index (Phi) is 4.55. The van der Waals surface area contributed by atoms with Crippen LogP contribution in [0.1, 0.15) is 23.2 Å². The van der Waals surface area contributed by atoms with Crippen LogP contribution in [0.15, 0.2) is 42.7 Å². The van der Waals surface area contributed by atoms with Crippen LogP contribution < -0.4 is 4.90 Å². The number of morpholine rings is 1. The van der Waals surface area contributed by atoms with E-state index < -0.39 is 5.82 Å². The molecule has 1 aromatic carbocycles. The van der Waals surface area contributed by atoms with E-state index in [9.17, 15) is 9.18 Å². The van der Waals surface area contributed by atoms with Crippen molar-refractivity contribution in [1.29, 1.82) is 0 Å². The van der Waals surface area contributed by atoms with E-state index in [0.717, 1.165) is 25.9 Å². The maximum atomic E-state index is 13.4. The fraction of sp³-hybridized carbons (Fsp3) is 0.421. The third kappa shape index (κ3) is 3.39. The van der Waals surface area contributed by atoms with Gasteiger partial charge in [-0.1, -0.05) is 6.07 Å². The Morgan fingerprint density at radius 1 is 1.12 bits per heavy atom. The fourth-order valence-corrected chi connectivity index (χ4v) is 3.69. The van der Waals surface area contributed by atoms with Crippen LogP contribution >= 0.6 is 0 Å². The van der Waals surface area contributed by atoms with Crippen LogP contribution in [0.25, 0.3) is 0 Å². The average Bonchev–Trinajstić information content (AvgIpc) is 2.69. The lowest BCUT2D eigenvalue weighted by Crippen LogP contribution is -2.58. The van der Waals surface area contributed by atoms with Gasteiger partial charge in [0, 0.05) is 37.6 Å². The van der Waals surface area contributed by atoms with Crippen molar-refractivity contribution < 1.29 is 13.9 Å². The first-order valence-corrected chi connectivity index (χ1v) is 8.86. The molecule has 0 radical (unpaired) electrons. The number of rotatable bonds is 2. The topological polar surface area (TPSA) is 58.6 Å². The zero-order valence-electron chi connectivity index (χ0n) is 14.5. The molecule has 0 N–H and O–H groups in total. The minimum absolute atomic E-state index is 0.126. The molecule has 2 aliphatic heterocycles. The fourth-order valence-electron chi connectivity index (χ4n) is 3.69. The van der Waals surface area contributed by atoms with E-state index in [4.69, 9.17) is 4.74 Å². The van der Waals surface area contributed by atoms with Gasteiger partial charge < -0.3 is 14.5 Å². The number of halogens is 1. The van der Waals surface area contributed by atoms with Crippen molar-refractivity contribution in [2.75, 3.05) is 37.7 Å². The minimum atomic E-state index is -0.390. The molecular formula is C19H21FN4O2. The van der Waals surface area contributed by atoms with Crippen molar-refractivity contribution in [3.05, 3.63) is 54.1 Å². The molecule has 0 bridgehead atoms. The normalized spacial score (nSPS) is 19.6. The molecule has 0 atom stereocenters. The number of ether oxygens (including phenoxy) is 1. The Bertz CT molecular complexity index is 778. The van der Waals surface area contributed by atoms with Gasteiger partial charge in [-0.3, -0.25) is 4.79 Å². The summed E-state index contributed by atoms with van der Waals surface area (Å²) in [4.78, 5) is 25.2. The van der Waals surface area contributed by atoms with Crippen LogP contribution in [0.4, 0.5) is 10.3 Å². The predicted molar refractivity (Wildman–Crippen MR) is 94.5 cm³/mol. The second kappa shape index (κ2) is 6.99. The van der Waals surface area contributed by atoms with Gasteiger partial charge in [-0.15, -0.1) is 0 Å². The molecular weight excluding hydrogens is 335 g/mol. The van der Waals surface area contributed by atoms with Gasteiger partial charge in [0.05, 0.1) is 18.8 Å². The van der Waals surface area contributed by atoms with E-state index in [1.54, 1.807) is 35.5 Å². The summed E-state index contributed by atoms with van der Waals surface area (Å²) in [6.07, 6.45) is 4.98. The number of likely N-dealkylation sites (tertiary alicyclic amines) is 1. The molecule has 7 heteroatoms. The van der Waals surface area contributed by atoms with Crippen LogP contribution in [0.3, 0.4) is 0 Å². The van der Waals surface area contributed by atoms with E-state index in [0.29, 0.717) is 31.2 Å².